The molecule has 0 radical (unpaired) electrons. The van der Waals surface area contributed by atoms with Crippen LogP contribution in [0.25, 0.3) is 0 Å². The van der Waals surface area contributed by atoms with E-state index in [2.05, 4.69) is 5.32 Å². The first-order chi connectivity index (χ1) is 8.73. The number of carboxylic acids is 1. The zero-order valence-electron chi connectivity index (χ0n) is 11.3. The van der Waals surface area contributed by atoms with Crippen LogP contribution >= 0.6 is 0 Å². The van der Waals surface area contributed by atoms with Crippen LogP contribution in [0.15, 0.2) is 0 Å². The molecular formula is C14H27N2O2+. The molecule has 4 nitrogen and oxygen atoms in total. The Morgan fingerprint density at radius 2 is 1.78 bits per heavy atom. The third kappa shape index (κ3) is 3.45. The Balaban J connectivity index is 0.000000149. The highest BCUT2D eigenvalue weighted by Gasteiger charge is 2.53. The summed E-state index contributed by atoms with van der Waals surface area (Å²) in [6.45, 7) is 4.90. The van der Waals surface area contributed by atoms with Gasteiger partial charge >= 0.3 is 5.97 Å². The molecule has 3 N–H and O–H groups in total. The van der Waals surface area contributed by atoms with Gasteiger partial charge in [0.25, 0.3) is 0 Å². The van der Waals surface area contributed by atoms with Gasteiger partial charge in [0.05, 0.1) is 19.5 Å². The SMILES string of the molecule is C1CCCNCC1.O=C(O)CC12CCC[NH+]1CC2. The van der Waals surface area contributed by atoms with Gasteiger partial charge in [-0.2, -0.15) is 0 Å². The Bertz CT molecular complexity index is 263. The van der Waals surface area contributed by atoms with Gasteiger partial charge in [0.1, 0.15) is 12.0 Å². The van der Waals surface area contributed by atoms with Crippen molar-refractivity contribution in [3.05, 3.63) is 0 Å². The molecular weight excluding hydrogens is 228 g/mol. The summed E-state index contributed by atoms with van der Waals surface area (Å²) in [5, 5.41) is 12.0. The molecule has 3 heterocycles. The van der Waals surface area contributed by atoms with E-state index < -0.39 is 5.97 Å². The summed E-state index contributed by atoms with van der Waals surface area (Å²) in [6, 6.07) is 0. The minimum atomic E-state index is -0.621. The second-order valence-corrected chi connectivity index (χ2v) is 5.97. The van der Waals surface area contributed by atoms with Gasteiger partial charge < -0.3 is 15.3 Å². The molecule has 0 aromatic rings. The van der Waals surface area contributed by atoms with Crippen LogP contribution in [0.2, 0.25) is 0 Å². The summed E-state index contributed by atoms with van der Waals surface area (Å²) >= 11 is 0. The standard InChI is InChI=1S/C8H13NO2.C6H13N/c10-7(11)6-8-2-1-4-9(8)5-3-8;1-2-4-6-7-5-3-1/h1-6H2,(H,10,11);7H,1-6H2/p+1. The van der Waals surface area contributed by atoms with Crippen LogP contribution in [0.1, 0.15) is 51.4 Å². The largest absolute Gasteiger partial charge is 0.481 e. The quantitative estimate of drug-likeness (QED) is 0.671. The Kier molecular flexibility index (Phi) is 5.01. The van der Waals surface area contributed by atoms with Crippen LogP contribution in [-0.4, -0.2) is 42.8 Å². The lowest BCUT2D eigenvalue weighted by molar-refractivity contribution is -0.982. The van der Waals surface area contributed by atoms with Crippen molar-refractivity contribution in [2.45, 2.75) is 56.9 Å². The highest BCUT2D eigenvalue weighted by molar-refractivity contribution is 5.68. The summed E-state index contributed by atoms with van der Waals surface area (Å²) in [5.74, 6) is -0.621. The van der Waals surface area contributed by atoms with Gasteiger partial charge in [0, 0.05) is 12.8 Å². The predicted molar refractivity (Wildman–Crippen MR) is 70.9 cm³/mol. The second kappa shape index (κ2) is 6.53. The summed E-state index contributed by atoms with van der Waals surface area (Å²) in [4.78, 5) is 12.1. The molecule has 18 heavy (non-hydrogen) atoms. The highest BCUT2D eigenvalue weighted by atomic mass is 16.4. The van der Waals surface area contributed by atoms with Crippen molar-refractivity contribution in [1.82, 2.24) is 5.32 Å². The van der Waals surface area contributed by atoms with Crippen molar-refractivity contribution in [2.24, 2.45) is 0 Å². The molecule has 0 aromatic carbocycles. The first-order valence-corrected chi connectivity index (χ1v) is 7.51. The van der Waals surface area contributed by atoms with Crippen LogP contribution in [0.4, 0.5) is 0 Å². The predicted octanol–water partition coefficient (Wildman–Crippen LogP) is 0.432. The molecule has 0 aromatic heterocycles. The molecule has 3 aliphatic rings. The maximum Gasteiger partial charge on any atom is 0.309 e. The first kappa shape index (κ1) is 13.8. The summed E-state index contributed by atoms with van der Waals surface area (Å²) in [6.07, 6.45) is 9.54. The van der Waals surface area contributed by atoms with E-state index in [1.165, 1.54) is 58.3 Å². The average Bonchev–Trinajstić information content (AvgIpc) is 2.58. The van der Waals surface area contributed by atoms with E-state index in [1.807, 2.05) is 0 Å². The molecule has 0 bridgehead atoms. The normalized spacial score (nSPS) is 34.6. The average molecular weight is 255 g/mol. The highest BCUT2D eigenvalue weighted by Crippen LogP contribution is 2.27. The van der Waals surface area contributed by atoms with E-state index in [0.717, 1.165) is 12.8 Å². The zero-order valence-corrected chi connectivity index (χ0v) is 11.3. The molecule has 3 rings (SSSR count). The molecule has 3 saturated heterocycles. The molecule has 0 amide bonds. The van der Waals surface area contributed by atoms with Crippen molar-refractivity contribution in [3.8, 4) is 0 Å². The Morgan fingerprint density at radius 3 is 2.28 bits per heavy atom. The van der Waals surface area contributed by atoms with E-state index in [1.54, 1.807) is 4.90 Å². The second-order valence-electron chi connectivity index (χ2n) is 5.97. The minimum absolute atomic E-state index is 0.172. The maximum absolute atomic E-state index is 10.5. The lowest BCUT2D eigenvalue weighted by atomic mass is 9.82. The molecule has 104 valence electrons. The molecule has 0 saturated carbocycles. The van der Waals surface area contributed by atoms with Gasteiger partial charge in [0.2, 0.25) is 0 Å². The third-order valence-corrected chi connectivity index (χ3v) is 4.74. The van der Waals surface area contributed by atoms with Crippen molar-refractivity contribution < 1.29 is 14.8 Å². The number of hydrogen-bond donors (Lipinski definition) is 3. The van der Waals surface area contributed by atoms with Gasteiger partial charge in [-0.1, -0.05) is 12.8 Å². The first-order valence-electron chi connectivity index (χ1n) is 7.51. The number of hydrogen-bond acceptors (Lipinski definition) is 2. The molecule has 3 fully saturated rings. The molecule has 0 aliphatic carbocycles. The number of carboxylic acid groups (broad SMARTS) is 1. The lowest BCUT2D eigenvalue weighted by Crippen LogP contribution is -3.24. The molecule has 2 unspecified atom stereocenters. The Morgan fingerprint density at radius 1 is 1.06 bits per heavy atom. The van der Waals surface area contributed by atoms with E-state index in [-0.39, 0.29) is 5.54 Å². The summed E-state index contributed by atoms with van der Waals surface area (Å²) in [7, 11) is 0. The third-order valence-electron chi connectivity index (χ3n) is 4.74. The topological polar surface area (TPSA) is 53.8 Å². The van der Waals surface area contributed by atoms with Crippen LogP contribution < -0.4 is 10.2 Å². The number of rotatable bonds is 2. The fourth-order valence-corrected chi connectivity index (χ4v) is 3.56. The van der Waals surface area contributed by atoms with Crippen LogP contribution in [0.3, 0.4) is 0 Å². The van der Waals surface area contributed by atoms with E-state index in [9.17, 15) is 4.79 Å². The number of carbonyl (C=O) groups is 1. The summed E-state index contributed by atoms with van der Waals surface area (Å²) < 4.78 is 0. The maximum atomic E-state index is 10.5. The van der Waals surface area contributed by atoms with Crippen molar-refractivity contribution in [2.75, 3.05) is 26.2 Å². The lowest BCUT2D eigenvalue weighted by Gasteiger charge is -2.43. The summed E-state index contributed by atoms with van der Waals surface area (Å²) in [5.41, 5.74) is 0.172. The molecule has 2 atom stereocenters. The van der Waals surface area contributed by atoms with Gasteiger partial charge in [-0.15, -0.1) is 0 Å². The number of nitrogens with one attached hydrogen (secondary N) is 2. The number of aliphatic carboxylic acids is 1. The zero-order chi connectivity index (χ0) is 12.8. The monoisotopic (exact) mass is 255 g/mol. The van der Waals surface area contributed by atoms with Gasteiger partial charge in [-0.25, -0.2) is 0 Å². The van der Waals surface area contributed by atoms with Crippen LogP contribution in [0, 0.1) is 0 Å². The van der Waals surface area contributed by atoms with E-state index >= 15 is 0 Å². The Labute approximate surface area is 110 Å². The van der Waals surface area contributed by atoms with Crippen molar-refractivity contribution in [1.29, 1.82) is 0 Å². The number of fused-ring (bicyclic) bond motifs is 1. The van der Waals surface area contributed by atoms with Crippen molar-refractivity contribution in [3.63, 3.8) is 0 Å². The van der Waals surface area contributed by atoms with Crippen LogP contribution in [-0.2, 0) is 4.79 Å². The fourth-order valence-electron chi connectivity index (χ4n) is 3.56. The van der Waals surface area contributed by atoms with Gasteiger partial charge in [-0.05, 0) is 25.9 Å². The van der Waals surface area contributed by atoms with Crippen molar-refractivity contribution >= 4 is 5.97 Å². The smallest absolute Gasteiger partial charge is 0.309 e. The Hall–Kier alpha value is -0.610. The van der Waals surface area contributed by atoms with E-state index in [4.69, 9.17) is 5.11 Å². The fraction of sp³-hybridized carbons (Fsp3) is 0.929. The van der Waals surface area contributed by atoms with Gasteiger partial charge in [-0.3, -0.25) is 4.79 Å². The molecule has 4 heteroatoms. The van der Waals surface area contributed by atoms with Gasteiger partial charge in [0.15, 0.2) is 0 Å². The van der Waals surface area contributed by atoms with E-state index in [0.29, 0.717) is 6.42 Å². The molecule has 3 aliphatic heterocycles. The number of quaternary nitrogens is 1. The molecule has 0 spiro atoms. The van der Waals surface area contributed by atoms with Crippen LogP contribution in [0.5, 0.6) is 0 Å². The minimum Gasteiger partial charge on any atom is -0.481 e.